The van der Waals surface area contributed by atoms with Gasteiger partial charge in [-0.05, 0) is 30.2 Å². The molecule has 2 aromatic carbocycles. The van der Waals surface area contributed by atoms with Crippen LogP contribution in [-0.2, 0) is 13.2 Å². The molecule has 0 aliphatic rings. The van der Waals surface area contributed by atoms with Crippen LogP contribution in [0.1, 0.15) is 18.1 Å². The largest absolute Gasteiger partial charge is 0.489 e. The molecule has 0 aromatic heterocycles. The van der Waals surface area contributed by atoms with Crippen LogP contribution in [0.15, 0.2) is 59.6 Å². The lowest BCUT2D eigenvalue weighted by Gasteiger charge is -2.10. The summed E-state index contributed by atoms with van der Waals surface area (Å²) in [6, 6.07) is 18.0. The van der Waals surface area contributed by atoms with E-state index in [1.54, 1.807) is 0 Å². The summed E-state index contributed by atoms with van der Waals surface area (Å²) in [5.41, 5.74) is 2.25. The van der Waals surface area contributed by atoms with Gasteiger partial charge in [0.15, 0.2) is 5.96 Å². The van der Waals surface area contributed by atoms with Crippen molar-refractivity contribution in [2.45, 2.75) is 20.1 Å². The third-order valence-corrected chi connectivity index (χ3v) is 3.26. The molecule has 5 heteroatoms. The van der Waals surface area contributed by atoms with Gasteiger partial charge >= 0.3 is 0 Å². The number of hydrogen-bond acceptors (Lipinski definition) is 2. The molecule has 0 saturated heterocycles. The zero-order chi connectivity index (χ0) is 17.0. The number of benzene rings is 2. The van der Waals surface area contributed by atoms with E-state index in [1.807, 2.05) is 43.3 Å². The minimum atomic E-state index is 0. The maximum Gasteiger partial charge on any atom is 0.192 e. The van der Waals surface area contributed by atoms with Crippen LogP contribution in [0, 0.1) is 12.3 Å². The van der Waals surface area contributed by atoms with Gasteiger partial charge in [-0.15, -0.1) is 30.4 Å². The molecule has 0 aliphatic heterocycles. The van der Waals surface area contributed by atoms with Gasteiger partial charge in [-0.1, -0.05) is 48.4 Å². The van der Waals surface area contributed by atoms with Crippen LogP contribution >= 0.6 is 24.0 Å². The number of nitrogens with zero attached hydrogens (tertiary/aromatic N) is 1. The Morgan fingerprint density at radius 2 is 1.84 bits per heavy atom. The molecule has 0 aliphatic carbocycles. The van der Waals surface area contributed by atoms with E-state index in [9.17, 15) is 0 Å². The molecule has 2 N–H and O–H groups in total. The van der Waals surface area contributed by atoms with Crippen molar-refractivity contribution in [3.05, 3.63) is 65.7 Å². The van der Waals surface area contributed by atoms with Gasteiger partial charge in [-0.2, -0.15) is 0 Å². The monoisotopic (exact) mass is 449 g/mol. The number of terminal acetylenes is 1. The van der Waals surface area contributed by atoms with E-state index in [2.05, 4.69) is 39.7 Å². The molecule has 2 rings (SSSR count). The first-order chi connectivity index (χ1) is 11.8. The first kappa shape index (κ1) is 20.8. The van der Waals surface area contributed by atoms with Gasteiger partial charge in [-0.25, -0.2) is 4.99 Å². The SMILES string of the molecule is C#CCNC(=NCc1cccc(COc2ccccc2)c1)NCC.I. The van der Waals surface area contributed by atoms with E-state index >= 15 is 0 Å². The highest BCUT2D eigenvalue weighted by atomic mass is 127. The van der Waals surface area contributed by atoms with Crippen LogP contribution in [0.5, 0.6) is 5.75 Å². The van der Waals surface area contributed by atoms with Crippen molar-refractivity contribution in [1.29, 1.82) is 0 Å². The summed E-state index contributed by atoms with van der Waals surface area (Å²) in [6.07, 6.45) is 5.27. The van der Waals surface area contributed by atoms with Gasteiger partial charge in [0, 0.05) is 6.54 Å². The molecule has 0 heterocycles. The number of rotatable bonds is 7. The van der Waals surface area contributed by atoms with Crippen LogP contribution in [-0.4, -0.2) is 19.0 Å². The van der Waals surface area contributed by atoms with Gasteiger partial charge in [0.25, 0.3) is 0 Å². The summed E-state index contributed by atoms with van der Waals surface area (Å²) in [5, 5.41) is 6.25. The number of para-hydroxylation sites is 1. The number of halogens is 1. The van der Waals surface area contributed by atoms with E-state index in [0.717, 1.165) is 29.4 Å². The van der Waals surface area contributed by atoms with E-state index in [-0.39, 0.29) is 24.0 Å². The molecule has 0 radical (unpaired) electrons. The van der Waals surface area contributed by atoms with Gasteiger partial charge in [0.2, 0.25) is 0 Å². The first-order valence-corrected chi connectivity index (χ1v) is 8.03. The predicted octanol–water partition coefficient (Wildman–Crippen LogP) is 3.57. The molecule has 4 nitrogen and oxygen atoms in total. The third-order valence-electron chi connectivity index (χ3n) is 3.26. The zero-order valence-corrected chi connectivity index (χ0v) is 16.7. The van der Waals surface area contributed by atoms with Crippen molar-refractivity contribution < 1.29 is 4.74 Å². The molecular formula is C20H24IN3O. The van der Waals surface area contributed by atoms with Crippen molar-refractivity contribution in [3.8, 4) is 18.1 Å². The Kier molecular flexibility index (Phi) is 10.2. The van der Waals surface area contributed by atoms with E-state index in [4.69, 9.17) is 11.2 Å². The lowest BCUT2D eigenvalue weighted by atomic mass is 10.1. The smallest absolute Gasteiger partial charge is 0.192 e. The van der Waals surface area contributed by atoms with E-state index in [0.29, 0.717) is 19.7 Å². The van der Waals surface area contributed by atoms with Crippen molar-refractivity contribution >= 4 is 29.9 Å². The van der Waals surface area contributed by atoms with E-state index < -0.39 is 0 Å². The van der Waals surface area contributed by atoms with Crippen LogP contribution in [0.4, 0.5) is 0 Å². The summed E-state index contributed by atoms with van der Waals surface area (Å²) >= 11 is 0. The topological polar surface area (TPSA) is 45.7 Å². The first-order valence-electron chi connectivity index (χ1n) is 8.03. The Morgan fingerprint density at radius 1 is 1.08 bits per heavy atom. The number of aliphatic imine (C=N–C) groups is 1. The van der Waals surface area contributed by atoms with Crippen molar-refractivity contribution in [3.63, 3.8) is 0 Å². The zero-order valence-electron chi connectivity index (χ0n) is 14.4. The quantitative estimate of drug-likeness (QED) is 0.294. The molecule has 0 saturated carbocycles. The highest BCUT2D eigenvalue weighted by molar-refractivity contribution is 14.0. The summed E-state index contributed by atoms with van der Waals surface area (Å²) in [7, 11) is 0. The molecule has 0 amide bonds. The Labute approximate surface area is 167 Å². The summed E-state index contributed by atoms with van der Waals surface area (Å²) in [6.45, 7) is 4.39. The summed E-state index contributed by atoms with van der Waals surface area (Å²) < 4.78 is 5.78. The van der Waals surface area contributed by atoms with Gasteiger partial charge in [-0.3, -0.25) is 0 Å². The van der Waals surface area contributed by atoms with Crippen LogP contribution in [0.25, 0.3) is 0 Å². The van der Waals surface area contributed by atoms with E-state index in [1.165, 1.54) is 0 Å². The van der Waals surface area contributed by atoms with Crippen LogP contribution < -0.4 is 15.4 Å². The molecule has 25 heavy (non-hydrogen) atoms. The Hall–Kier alpha value is -2.20. The van der Waals surface area contributed by atoms with Gasteiger partial charge in [0.05, 0.1) is 13.1 Å². The Balaban J connectivity index is 0.00000312. The van der Waals surface area contributed by atoms with Gasteiger partial charge < -0.3 is 15.4 Å². The minimum Gasteiger partial charge on any atom is -0.489 e. The molecule has 0 spiro atoms. The minimum absolute atomic E-state index is 0. The second-order valence-corrected chi connectivity index (χ2v) is 5.17. The molecular weight excluding hydrogens is 425 g/mol. The lowest BCUT2D eigenvalue weighted by molar-refractivity contribution is 0.306. The number of nitrogens with one attached hydrogen (secondary N) is 2. The lowest BCUT2D eigenvalue weighted by Crippen LogP contribution is -2.37. The highest BCUT2D eigenvalue weighted by Gasteiger charge is 1.99. The molecule has 0 atom stereocenters. The summed E-state index contributed by atoms with van der Waals surface area (Å²) in [4.78, 5) is 4.54. The summed E-state index contributed by atoms with van der Waals surface area (Å²) in [5.74, 6) is 4.14. The van der Waals surface area contributed by atoms with Crippen molar-refractivity contribution in [2.75, 3.05) is 13.1 Å². The molecule has 2 aromatic rings. The molecule has 0 unspecified atom stereocenters. The maximum absolute atomic E-state index is 5.78. The second-order valence-electron chi connectivity index (χ2n) is 5.17. The van der Waals surface area contributed by atoms with Crippen LogP contribution in [0.2, 0.25) is 0 Å². The highest BCUT2D eigenvalue weighted by Crippen LogP contribution is 2.13. The molecule has 132 valence electrons. The second kappa shape index (κ2) is 12.2. The third kappa shape index (κ3) is 7.94. The van der Waals surface area contributed by atoms with Crippen LogP contribution in [0.3, 0.4) is 0 Å². The number of hydrogen-bond donors (Lipinski definition) is 2. The molecule has 0 bridgehead atoms. The van der Waals surface area contributed by atoms with Gasteiger partial charge in [0.1, 0.15) is 12.4 Å². The average molecular weight is 449 g/mol. The Morgan fingerprint density at radius 3 is 2.56 bits per heavy atom. The fraction of sp³-hybridized carbons (Fsp3) is 0.250. The van der Waals surface area contributed by atoms with Crippen molar-refractivity contribution in [1.82, 2.24) is 10.6 Å². The predicted molar refractivity (Wildman–Crippen MR) is 114 cm³/mol. The van der Waals surface area contributed by atoms with Crippen molar-refractivity contribution in [2.24, 2.45) is 4.99 Å². The number of ether oxygens (including phenoxy) is 1. The standard InChI is InChI=1S/C20H23N3O.HI/c1-3-13-22-20(21-4-2)23-15-17-9-8-10-18(14-17)16-24-19-11-6-5-7-12-19;/h1,5-12,14H,4,13,15-16H2,2H3,(H2,21,22,23);1H. The fourth-order valence-corrected chi connectivity index (χ4v) is 2.15. The normalized spacial score (nSPS) is 10.3. The fourth-order valence-electron chi connectivity index (χ4n) is 2.15. The maximum atomic E-state index is 5.78. The Bertz CT molecular complexity index is 696. The average Bonchev–Trinajstić information content (AvgIpc) is 2.63. The molecule has 0 fully saturated rings. The number of guanidine groups is 1.